The lowest BCUT2D eigenvalue weighted by Gasteiger charge is -2.43. The van der Waals surface area contributed by atoms with Gasteiger partial charge in [0.1, 0.15) is 11.5 Å². The topological polar surface area (TPSA) is 35.0 Å². The summed E-state index contributed by atoms with van der Waals surface area (Å²) in [4.78, 5) is 10.2. The van der Waals surface area contributed by atoms with Gasteiger partial charge in [0.15, 0.2) is 5.82 Å². The van der Waals surface area contributed by atoms with E-state index in [9.17, 15) is 0 Å². The number of rotatable bonds is 3. The highest BCUT2D eigenvalue weighted by Gasteiger charge is 2.56. The fourth-order valence-electron chi connectivity index (χ4n) is 8.37. The molecular weight excluding hydrogens is 585 g/mol. The molecule has 0 fully saturated rings. The van der Waals surface area contributed by atoms with Gasteiger partial charge >= 0.3 is 0 Å². The number of hydrogen-bond acceptors (Lipinski definition) is 3. The van der Waals surface area contributed by atoms with E-state index in [0.717, 1.165) is 45.0 Å². The zero-order chi connectivity index (χ0) is 31.7. The van der Waals surface area contributed by atoms with Crippen LogP contribution in [0.5, 0.6) is 11.5 Å². The Labute approximate surface area is 279 Å². The Bertz CT molecular complexity index is 2390. The minimum Gasteiger partial charge on any atom is -0.456 e. The van der Waals surface area contributed by atoms with Gasteiger partial charge in [-0.2, -0.15) is 0 Å². The molecule has 3 heteroatoms. The highest BCUT2D eigenvalue weighted by molar-refractivity contribution is 5.92. The molecule has 1 spiro atoms. The van der Waals surface area contributed by atoms with Crippen LogP contribution < -0.4 is 4.74 Å². The fraction of sp³-hybridized carbons (Fsp3) is 0.0667. The highest BCUT2D eigenvalue weighted by atomic mass is 16.5. The Balaban J connectivity index is 1.25. The molecule has 3 aliphatic rings. The number of hydrogen-bond donors (Lipinski definition) is 0. The summed E-state index contributed by atoms with van der Waals surface area (Å²) in [7, 11) is 0. The van der Waals surface area contributed by atoms with Crippen LogP contribution in [-0.2, 0) is 5.41 Å². The maximum Gasteiger partial charge on any atom is 0.160 e. The number of nitrogens with zero attached hydrogens (tertiary/aromatic N) is 2. The van der Waals surface area contributed by atoms with Gasteiger partial charge in [-0.1, -0.05) is 146 Å². The van der Waals surface area contributed by atoms with Gasteiger partial charge in [-0.25, -0.2) is 9.97 Å². The molecule has 0 radical (unpaired) electrons. The molecular formula is C45H30N2O. The Morgan fingerprint density at radius 2 is 1.23 bits per heavy atom. The summed E-state index contributed by atoms with van der Waals surface area (Å²) in [5, 5.41) is 2.31. The van der Waals surface area contributed by atoms with Gasteiger partial charge in [0.05, 0.1) is 16.8 Å². The molecule has 3 atom stereocenters. The van der Waals surface area contributed by atoms with Crippen molar-refractivity contribution in [3.8, 4) is 45.4 Å². The number of aromatic nitrogens is 2. The molecule has 48 heavy (non-hydrogen) atoms. The number of benzene rings is 6. The molecule has 2 heterocycles. The number of allylic oxidation sites excluding steroid dienone is 4. The molecule has 0 amide bonds. The summed E-state index contributed by atoms with van der Waals surface area (Å²) >= 11 is 0. The first-order valence-corrected chi connectivity index (χ1v) is 16.6. The van der Waals surface area contributed by atoms with Crippen LogP contribution in [0.4, 0.5) is 0 Å². The lowest BCUT2D eigenvalue weighted by atomic mass is 9.61. The van der Waals surface area contributed by atoms with Crippen molar-refractivity contribution < 1.29 is 4.74 Å². The van der Waals surface area contributed by atoms with E-state index in [4.69, 9.17) is 14.7 Å². The van der Waals surface area contributed by atoms with Crippen molar-refractivity contribution in [2.24, 2.45) is 5.92 Å². The first-order valence-electron chi connectivity index (χ1n) is 16.6. The molecule has 2 aliphatic carbocycles. The second-order valence-electron chi connectivity index (χ2n) is 12.9. The minimum atomic E-state index is -0.455. The smallest absolute Gasteiger partial charge is 0.160 e. The highest BCUT2D eigenvalue weighted by Crippen LogP contribution is 2.65. The molecule has 10 rings (SSSR count). The molecule has 0 bridgehead atoms. The summed E-state index contributed by atoms with van der Waals surface area (Å²) in [6.07, 6.45) is 9.21. The number of fused-ring (bicyclic) bond motifs is 11. The predicted molar refractivity (Wildman–Crippen MR) is 193 cm³/mol. The van der Waals surface area contributed by atoms with Crippen molar-refractivity contribution in [1.29, 1.82) is 0 Å². The van der Waals surface area contributed by atoms with E-state index >= 15 is 0 Å². The SMILES string of the molecule is C1=CC2c3ccccc3C3(c4cc(-c5cc(-c6ccccc6)nc(-c6ccccc6)n5)ccc4Oc4c3ccc3ccccc43)C2C=C1. The molecule has 7 aromatic rings. The van der Waals surface area contributed by atoms with Crippen LogP contribution in [0.15, 0.2) is 170 Å². The predicted octanol–water partition coefficient (Wildman–Crippen LogP) is 10.9. The summed E-state index contributed by atoms with van der Waals surface area (Å²) in [5.74, 6) is 2.99. The van der Waals surface area contributed by atoms with E-state index in [1.807, 2.05) is 24.3 Å². The molecule has 0 saturated heterocycles. The maximum atomic E-state index is 6.97. The van der Waals surface area contributed by atoms with E-state index in [2.05, 4.69) is 146 Å². The maximum absolute atomic E-state index is 6.97. The molecule has 0 N–H and O–H groups in total. The lowest BCUT2D eigenvalue weighted by Crippen LogP contribution is -2.37. The summed E-state index contributed by atoms with van der Waals surface area (Å²) < 4.78 is 6.97. The third kappa shape index (κ3) is 3.88. The molecule has 3 nitrogen and oxygen atoms in total. The molecule has 1 aromatic heterocycles. The molecule has 1 aliphatic heterocycles. The van der Waals surface area contributed by atoms with Crippen molar-refractivity contribution in [2.75, 3.05) is 0 Å². The van der Waals surface area contributed by atoms with Crippen LogP contribution in [0, 0.1) is 5.92 Å². The fourth-order valence-corrected chi connectivity index (χ4v) is 8.37. The van der Waals surface area contributed by atoms with Crippen LogP contribution >= 0.6 is 0 Å². The average molecular weight is 615 g/mol. The quantitative estimate of drug-likeness (QED) is 0.199. The van der Waals surface area contributed by atoms with Gasteiger partial charge < -0.3 is 4.74 Å². The molecule has 6 aromatic carbocycles. The van der Waals surface area contributed by atoms with Gasteiger partial charge in [-0.3, -0.25) is 0 Å². The Hall–Kier alpha value is -6.06. The molecule has 3 unspecified atom stereocenters. The molecule has 226 valence electrons. The van der Waals surface area contributed by atoms with Crippen LogP contribution in [0.3, 0.4) is 0 Å². The van der Waals surface area contributed by atoms with Crippen molar-refractivity contribution in [3.05, 3.63) is 192 Å². The second-order valence-corrected chi connectivity index (χ2v) is 12.9. The van der Waals surface area contributed by atoms with E-state index in [1.54, 1.807) is 0 Å². The Kier molecular flexibility index (Phi) is 5.91. The van der Waals surface area contributed by atoms with E-state index in [0.29, 0.717) is 5.82 Å². The van der Waals surface area contributed by atoms with E-state index in [1.165, 1.54) is 27.6 Å². The summed E-state index contributed by atoms with van der Waals surface area (Å²) in [6.45, 7) is 0. The van der Waals surface area contributed by atoms with Gasteiger partial charge in [0, 0.05) is 45.0 Å². The zero-order valence-electron chi connectivity index (χ0n) is 26.1. The third-order valence-electron chi connectivity index (χ3n) is 10.4. The van der Waals surface area contributed by atoms with Crippen LogP contribution in [0.25, 0.3) is 44.7 Å². The van der Waals surface area contributed by atoms with Gasteiger partial charge in [-0.05, 0) is 40.8 Å². The largest absolute Gasteiger partial charge is 0.456 e. The van der Waals surface area contributed by atoms with E-state index < -0.39 is 5.41 Å². The van der Waals surface area contributed by atoms with Crippen LogP contribution in [-0.4, -0.2) is 9.97 Å². The van der Waals surface area contributed by atoms with Crippen LogP contribution in [0.1, 0.15) is 28.2 Å². The second kappa shape index (κ2) is 10.5. The Morgan fingerprint density at radius 3 is 2.08 bits per heavy atom. The van der Waals surface area contributed by atoms with Gasteiger partial charge in [-0.15, -0.1) is 0 Å². The van der Waals surface area contributed by atoms with Crippen molar-refractivity contribution in [3.63, 3.8) is 0 Å². The van der Waals surface area contributed by atoms with Crippen molar-refractivity contribution in [2.45, 2.75) is 11.3 Å². The van der Waals surface area contributed by atoms with Crippen LogP contribution in [0.2, 0.25) is 0 Å². The average Bonchev–Trinajstić information content (AvgIpc) is 3.46. The number of ether oxygens (including phenoxy) is 1. The molecule has 0 saturated carbocycles. The first kappa shape index (κ1) is 27.1. The summed E-state index contributed by atoms with van der Waals surface area (Å²) in [5.41, 5.74) is 9.50. The van der Waals surface area contributed by atoms with Gasteiger partial charge in [0.2, 0.25) is 0 Å². The lowest BCUT2D eigenvalue weighted by molar-refractivity contribution is 0.377. The van der Waals surface area contributed by atoms with E-state index in [-0.39, 0.29) is 11.8 Å². The van der Waals surface area contributed by atoms with Gasteiger partial charge in [0.25, 0.3) is 0 Å². The third-order valence-corrected chi connectivity index (χ3v) is 10.4. The summed E-state index contributed by atoms with van der Waals surface area (Å²) in [6, 6.07) is 51.5. The monoisotopic (exact) mass is 614 g/mol. The first-order chi connectivity index (χ1) is 23.8. The van der Waals surface area contributed by atoms with Crippen molar-refractivity contribution >= 4 is 10.8 Å². The zero-order valence-corrected chi connectivity index (χ0v) is 26.1. The van der Waals surface area contributed by atoms with Crippen molar-refractivity contribution in [1.82, 2.24) is 9.97 Å². The normalized spacial score (nSPS) is 19.8. The Morgan fingerprint density at radius 1 is 0.521 bits per heavy atom. The standard InChI is InChI=1S/C45H30N2O/c1-3-14-30(15-4-1)40-28-41(47-44(46-40)31-16-5-2-6-17-31)32-24-26-42-39(27-32)45(38-25-23-29-13-7-8-18-33(29)43(38)48-42)36-21-11-9-19-34(36)35-20-10-12-22-37(35)45/h1-28,34,36H. The minimum absolute atomic E-state index is 0.183.